The van der Waals surface area contributed by atoms with Gasteiger partial charge in [-0.25, -0.2) is 15.0 Å². The van der Waals surface area contributed by atoms with Crippen LogP contribution in [0.1, 0.15) is 0 Å². The van der Waals surface area contributed by atoms with E-state index < -0.39 is 0 Å². The third-order valence-corrected chi connectivity index (χ3v) is 11.8. The fraction of sp³-hybridized carbons (Fsp3) is 0. The van der Waals surface area contributed by atoms with Crippen LogP contribution in [0, 0.1) is 0 Å². The van der Waals surface area contributed by atoms with Gasteiger partial charge in [0.2, 0.25) is 0 Å². The van der Waals surface area contributed by atoms with Crippen LogP contribution in [-0.4, -0.2) is 15.0 Å². The van der Waals surface area contributed by atoms with Crippen molar-refractivity contribution in [3.05, 3.63) is 188 Å². The third kappa shape index (κ3) is 5.48. The number of nitrogens with zero attached hydrogens (tertiary/aromatic N) is 3. The van der Waals surface area contributed by atoms with Crippen molar-refractivity contribution < 1.29 is 4.42 Å². The molecule has 3 aromatic heterocycles. The molecule has 8 aromatic carbocycles. The first-order valence-corrected chi connectivity index (χ1v) is 19.5. The highest BCUT2D eigenvalue weighted by atomic mass is 32.1. The van der Waals surface area contributed by atoms with E-state index in [2.05, 4.69) is 158 Å². The molecule has 11 aromatic rings. The summed E-state index contributed by atoms with van der Waals surface area (Å²) in [5.41, 5.74) is 11.4. The van der Waals surface area contributed by atoms with Crippen LogP contribution in [0.2, 0.25) is 0 Å². The van der Waals surface area contributed by atoms with Gasteiger partial charge in [0.1, 0.15) is 11.2 Å². The average molecular weight is 734 g/mol. The van der Waals surface area contributed by atoms with Crippen molar-refractivity contribution in [2.45, 2.75) is 0 Å². The third-order valence-electron chi connectivity index (χ3n) is 10.6. The Hall–Kier alpha value is -7.21. The summed E-state index contributed by atoms with van der Waals surface area (Å²) in [4.78, 5) is 15.3. The number of aromatic nitrogens is 3. The molecule has 0 saturated heterocycles. The van der Waals surface area contributed by atoms with Crippen LogP contribution in [0.5, 0.6) is 0 Å². The minimum Gasteiger partial charge on any atom is -0.455 e. The lowest BCUT2D eigenvalue weighted by Gasteiger charge is -2.10. The highest BCUT2D eigenvalue weighted by molar-refractivity contribution is 7.26. The van der Waals surface area contributed by atoms with Crippen LogP contribution in [-0.2, 0) is 0 Å². The molecule has 0 radical (unpaired) electrons. The second-order valence-electron chi connectivity index (χ2n) is 13.9. The molecule has 0 unspecified atom stereocenters. The molecule has 56 heavy (non-hydrogen) atoms. The minimum absolute atomic E-state index is 0.640. The molecule has 11 rings (SSSR count). The van der Waals surface area contributed by atoms with Gasteiger partial charge in [-0.1, -0.05) is 158 Å². The van der Waals surface area contributed by atoms with E-state index in [4.69, 9.17) is 19.4 Å². The maximum absolute atomic E-state index is 6.66. The quantitative estimate of drug-likeness (QED) is 0.171. The van der Waals surface area contributed by atoms with E-state index >= 15 is 0 Å². The second-order valence-corrected chi connectivity index (χ2v) is 15.0. The van der Waals surface area contributed by atoms with E-state index in [0.29, 0.717) is 17.5 Å². The molecule has 0 aliphatic carbocycles. The lowest BCUT2D eigenvalue weighted by Crippen LogP contribution is -2.00. The summed E-state index contributed by atoms with van der Waals surface area (Å²) >= 11 is 1.77. The van der Waals surface area contributed by atoms with Crippen LogP contribution < -0.4 is 0 Å². The Morgan fingerprint density at radius 2 is 0.964 bits per heavy atom. The average Bonchev–Trinajstić information content (AvgIpc) is 3.86. The van der Waals surface area contributed by atoms with Gasteiger partial charge < -0.3 is 4.42 Å². The molecule has 0 atom stereocenters. The largest absolute Gasteiger partial charge is 0.455 e. The molecule has 0 amide bonds. The standard InChI is InChI=1S/C51H31N3OS/c1-4-14-32(15-5-1)35-20-12-21-37(30-35)50-52-49(34-18-8-3-9-19-34)53-51(54-50)43-24-13-23-41-40-27-26-36(31-45(40)56-48(41)43)39-29-28-38(33-16-6-2-7-17-33)46-42-22-10-11-25-44(42)55-47(39)46/h1-31H. The van der Waals surface area contributed by atoms with Crippen molar-refractivity contribution in [3.63, 3.8) is 0 Å². The number of thiophene rings is 1. The Morgan fingerprint density at radius 1 is 0.357 bits per heavy atom. The molecular formula is C51H31N3OS. The Bertz CT molecular complexity index is 3240. The molecule has 0 N–H and O–H groups in total. The van der Waals surface area contributed by atoms with E-state index in [-0.39, 0.29) is 0 Å². The monoisotopic (exact) mass is 733 g/mol. The van der Waals surface area contributed by atoms with E-state index in [1.54, 1.807) is 11.3 Å². The zero-order valence-electron chi connectivity index (χ0n) is 30.1. The van der Waals surface area contributed by atoms with E-state index in [1.807, 2.05) is 30.3 Å². The number of rotatable bonds is 6. The van der Waals surface area contributed by atoms with Gasteiger partial charge in [0.25, 0.3) is 0 Å². The molecule has 0 fully saturated rings. The molecule has 0 bridgehead atoms. The van der Waals surface area contributed by atoms with Gasteiger partial charge >= 0.3 is 0 Å². The summed E-state index contributed by atoms with van der Waals surface area (Å²) in [6.45, 7) is 0. The fourth-order valence-corrected chi connectivity index (χ4v) is 9.12. The maximum Gasteiger partial charge on any atom is 0.165 e. The summed E-state index contributed by atoms with van der Waals surface area (Å²) in [6.07, 6.45) is 0. The number of hydrogen-bond acceptors (Lipinski definition) is 5. The Balaban J connectivity index is 1.07. The molecule has 0 aliphatic rings. The second kappa shape index (κ2) is 13.3. The number of para-hydroxylation sites is 1. The summed E-state index contributed by atoms with van der Waals surface area (Å²) < 4.78 is 8.99. The van der Waals surface area contributed by atoms with Crippen LogP contribution in [0.15, 0.2) is 192 Å². The molecule has 0 saturated carbocycles. The molecule has 0 aliphatic heterocycles. The first kappa shape index (κ1) is 32.2. The van der Waals surface area contributed by atoms with Gasteiger partial charge in [-0.05, 0) is 58.1 Å². The van der Waals surface area contributed by atoms with Crippen molar-refractivity contribution in [1.29, 1.82) is 0 Å². The number of benzene rings is 8. The number of hydrogen-bond donors (Lipinski definition) is 0. The van der Waals surface area contributed by atoms with Gasteiger partial charge in [-0.3, -0.25) is 0 Å². The van der Waals surface area contributed by atoms with Gasteiger partial charge in [-0.15, -0.1) is 11.3 Å². The van der Waals surface area contributed by atoms with Gasteiger partial charge in [0.05, 0.1) is 0 Å². The van der Waals surface area contributed by atoms with Gasteiger partial charge in [0, 0.05) is 53.2 Å². The first-order valence-electron chi connectivity index (χ1n) is 18.7. The van der Waals surface area contributed by atoms with E-state index in [9.17, 15) is 0 Å². The zero-order chi connectivity index (χ0) is 37.0. The normalized spacial score (nSPS) is 11.6. The van der Waals surface area contributed by atoms with Gasteiger partial charge in [0.15, 0.2) is 17.5 Å². The zero-order valence-corrected chi connectivity index (χ0v) is 30.9. The molecule has 5 heteroatoms. The lowest BCUT2D eigenvalue weighted by molar-refractivity contribution is 0.670. The predicted octanol–water partition coefficient (Wildman–Crippen LogP) is 14.1. The Labute approximate surface area is 327 Å². The first-order chi connectivity index (χ1) is 27.7. The van der Waals surface area contributed by atoms with Crippen LogP contribution in [0.25, 0.3) is 110 Å². The van der Waals surface area contributed by atoms with Crippen LogP contribution in [0.3, 0.4) is 0 Å². The van der Waals surface area contributed by atoms with Crippen LogP contribution in [0.4, 0.5) is 0 Å². The topological polar surface area (TPSA) is 51.8 Å². The molecule has 4 nitrogen and oxygen atoms in total. The molecule has 3 heterocycles. The SMILES string of the molecule is c1ccc(-c2cccc(-c3nc(-c4ccccc4)nc(-c4cccc5c4sc4cc(-c6ccc(-c7ccccc7)c7c6oc6ccccc67)ccc45)n3)c2)cc1. The van der Waals surface area contributed by atoms with Crippen LogP contribution >= 0.6 is 11.3 Å². The smallest absolute Gasteiger partial charge is 0.165 e. The summed E-state index contributed by atoms with van der Waals surface area (Å²) in [5.74, 6) is 1.93. The molecule has 262 valence electrons. The van der Waals surface area contributed by atoms with Crippen molar-refractivity contribution in [2.75, 3.05) is 0 Å². The molecular weight excluding hydrogens is 703 g/mol. The predicted molar refractivity (Wildman–Crippen MR) is 233 cm³/mol. The Kier molecular flexibility index (Phi) is 7.64. The molecule has 0 spiro atoms. The number of fused-ring (bicyclic) bond motifs is 6. The fourth-order valence-electron chi connectivity index (χ4n) is 7.87. The summed E-state index contributed by atoms with van der Waals surface area (Å²) in [5, 5.41) is 4.63. The Morgan fingerprint density at radius 3 is 1.77 bits per heavy atom. The minimum atomic E-state index is 0.640. The number of furan rings is 1. The van der Waals surface area contributed by atoms with Crippen molar-refractivity contribution >= 4 is 53.4 Å². The van der Waals surface area contributed by atoms with E-state index in [1.165, 1.54) is 26.6 Å². The van der Waals surface area contributed by atoms with Crippen molar-refractivity contribution in [2.24, 2.45) is 0 Å². The highest BCUT2D eigenvalue weighted by Crippen LogP contribution is 2.45. The maximum atomic E-state index is 6.66. The summed E-state index contributed by atoms with van der Waals surface area (Å²) in [6, 6.07) is 65.6. The van der Waals surface area contributed by atoms with E-state index in [0.717, 1.165) is 65.6 Å². The summed E-state index contributed by atoms with van der Waals surface area (Å²) in [7, 11) is 0. The lowest BCUT2D eigenvalue weighted by atomic mass is 9.94. The van der Waals surface area contributed by atoms with Crippen molar-refractivity contribution in [1.82, 2.24) is 15.0 Å². The van der Waals surface area contributed by atoms with Gasteiger partial charge in [-0.2, -0.15) is 0 Å². The highest BCUT2D eigenvalue weighted by Gasteiger charge is 2.20. The van der Waals surface area contributed by atoms with Crippen molar-refractivity contribution in [3.8, 4) is 67.5 Å².